The second kappa shape index (κ2) is 5.58. The average molecular weight is 300 g/mol. The average Bonchev–Trinajstić information content (AvgIpc) is 2.69. The van der Waals surface area contributed by atoms with Gasteiger partial charge in [-0.1, -0.05) is 18.2 Å². The molecule has 0 aliphatic carbocycles. The van der Waals surface area contributed by atoms with Crippen LogP contribution in [-0.2, 0) is 12.6 Å². The molecule has 1 nitrogen and oxygen atoms in total. The van der Waals surface area contributed by atoms with Gasteiger partial charge in [0.25, 0.3) is 0 Å². The molecule has 1 aromatic carbocycles. The number of hydrogen-bond acceptors (Lipinski definition) is 2. The number of hydrogen-bond donors (Lipinski definition) is 1. The van der Waals surface area contributed by atoms with E-state index in [1.54, 1.807) is 6.07 Å². The largest absolute Gasteiger partial charge is 0.416 e. The Hall–Kier alpha value is -1.33. The van der Waals surface area contributed by atoms with Gasteiger partial charge in [0.1, 0.15) is 0 Å². The SMILES string of the molecule is Cc1cc(C(O)Cc2cccc(C(F)(F)F)c2)sc1C. The first-order chi connectivity index (χ1) is 9.27. The maximum absolute atomic E-state index is 12.6. The summed E-state index contributed by atoms with van der Waals surface area (Å²) in [6, 6.07) is 6.99. The molecule has 108 valence electrons. The Balaban J connectivity index is 2.17. The summed E-state index contributed by atoms with van der Waals surface area (Å²) in [4.78, 5) is 1.90. The van der Waals surface area contributed by atoms with Gasteiger partial charge >= 0.3 is 6.18 Å². The van der Waals surface area contributed by atoms with Crippen LogP contribution in [0.5, 0.6) is 0 Å². The van der Waals surface area contributed by atoms with E-state index >= 15 is 0 Å². The summed E-state index contributed by atoms with van der Waals surface area (Å²) in [6.45, 7) is 3.91. The van der Waals surface area contributed by atoms with Gasteiger partial charge < -0.3 is 5.11 Å². The minimum absolute atomic E-state index is 0.184. The number of rotatable bonds is 3. The molecule has 0 saturated carbocycles. The monoisotopic (exact) mass is 300 g/mol. The molecule has 1 heterocycles. The van der Waals surface area contributed by atoms with Crippen molar-refractivity contribution < 1.29 is 18.3 Å². The maximum Gasteiger partial charge on any atom is 0.416 e. The van der Waals surface area contributed by atoms with Gasteiger partial charge in [0.05, 0.1) is 11.7 Å². The van der Waals surface area contributed by atoms with E-state index in [1.165, 1.54) is 17.4 Å². The van der Waals surface area contributed by atoms with Gasteiger partial charge in [-0.25, -0.2) is 0 Å². The summed E-state index contributed by atoms with van der Waals surface area (Å²) in [5.41, 5.74) is 0.893. The number of aliphatic hydroxyl groups is 1. The van der Waals surface area contributed by atoms with Gasteiger partial charge in [0.2, 0.25) is 0 Å². The molecule has 1 unspecified atom stereocenters. The summed E-state index contributed by atoms with van der Waals surface area (Å²) in [7, 11) is 0. The van der Waals surface area contributed by atoms with Crippen molar-refractivity contribution in [3.05, 3.63) is 56.8 Å². The molecule has 2 aromatic rings. The van der Waals surface area contributed by atoms with E-state index in [2.05, 4.69) is 0 Å². The third-order valence-electron chi connectivity index (χ3n) is 3.20. The lowest BCUT2D eigenvalue weighted by Gasteiger charge is -2.11. The highest BCUT2D eigenvalue weighted by molar-refractivity contribution is 7.12. The van der Waals surface area contributed by atoms with E-state index in [9.17, 15) is 18.3 Å². The summed E-state index contributed by atoms with van der Waals surface area (Å²) in [5, 5.41) is 10.1. The van der Waals surface area contributed by atoms with Crippen LogP contribution >= 0.6 is 11.3 Å². The summed E-state index contributed by atoms with van der Waals surface area (Å²) in [6.07, 6.45) is -4.93. The van der Waals surface area contributed by atoms with Gasteiger partial charge in [-0.3, -0.25) is 0 Å². The van der Waals surface area contributed by atoms with Gasteiger partial charge in [-0.15, -0.1) is 11.3 Å². The number of aryl methyl sites for hydroxylation is 2. The number of benzene rings is 1. The molecule has 2 rings (SSSR count). The zero-order valence-corrected chi connectivity index (χ0v) is 12.0. The Kier molecular flexibility index (Phi) is 4.20. The Bertz CT molecular complexity index is 582. The Morgan fingerprint density at radius 2 is 1.90 bits per heavy atom. The summed E-state index contributed by atoms with van der Waals surface area (Å²) in [5.74, 6) is 0. The van der Waals surface area contributed by atoms with E-state index in [1.807, 2.05) is 19.9 Å². The number of alkyl halides is 3. The Labute approximate surface area is 119 Å². The van der Waals surface area contributed by atoms with Crippen LogP contribution in [0.1, 0.15) is 32.5 Å². The third kappa shape index (κ3) is 3.41. The van der Waals surface area contributed by atoms with Crippen molar-refractivity contribution in [1.82, 2.24) is 0 Å². The molecule has 0 saturated heterocycles. The molecule has 0 aliphatic rings. The van der Waals surface area contributed by atoms with Crippen LogP contribution in [0.2, 0.25) is 0 Å². The standard InChI is InChI=1S/C15H15F3OS/c1-9-6-14(20-10(9)2)13(19)8-11-4-3-5-12(7-11)15(16,17)18/h3-7,13,19H,8H2,1-2H3. The van der Waals surface area contributed by atoms with Gasteiger partial charge in [0, 0.05) is 16.2 Å². The molecule has 20 heavy (non-hydrogen) atoms. The lowest BCUT2D eigenvalue weighted by Crippen LogP contribution is -2.06. The molecule has 1 aromatic heterocycles. The van der Waals surface area contributed by atoms with E-state index in [4.69, 9.17) is 0 Å². The zero-order chi connectivity index (χ0) is 14.9. The first-order valence-electron chi connectivity index (χ1n) is 6.18. The van der Waals surface area contributed by atoms with Crippen molar-refractivity contribution in [3.63, 3.8) is 0 Å². The van der Waals surface area contributed by atoms with E-state index in [0.717, 1.165) is 27.5 Å². The van der Waals surface area contributed by atoms with Crippen LogP contribution in [0.15, 0.2) is 30.3 Å². The van der Waals surface area contributed by atoms with Crippen LogP contribution < -0.4 is 0 Å². The van der Waals surface area contributed by atoms with Crippen LogP contribution in [0.25, 0.3) is 0 Å². The van der Waals surface area contributed by atoms with Crippen molar-refractivity contribution in [2.24, 2.45) is 0 Å². The molecule has 0 bridgehead atoms. The molecule has 1 atom stereocenters. The topological polar surface area (TPSA) is 20.2 Å². The third-order valence-corrected chi connectivity index (χ3v) is 4.45. The second-order valence-electron chi connectivity index (χ2n) is 4.81. The fraction of sp³-hybridized carbons (Fsp3) is 0.333. The zero-order valence-electron chi connectivity index (χ0n) is 11.2. The summed E-state index contributed by atoms with van der Waals surface area (Å²) < 4.78 is 37.9. The molecule has 0 amide bonds. The minimum atomic E-state index is -4.35. The van der Waals surface area contributed by atoms with Gasteiger partial charge in [-0.2, -0.15) is 13.2 Å². The molecule has 0 aliphatic heterocycles. The lowest BCUT2D eigenvalue weighted by molar-refractivity contribution is -0.137. The van der Waals surface area contributed by atoms with E-state index in [0.29, 0.717) is 5.56 Å². The molecule has 0 radical (unpaired) electrons. The Morgan fingerprint density at radius 1 is 1.20 bits per heavy atom. The number of halogens is 3. The van der Waals surface area contributed by atoms with E-state index in [-0.39, 0.29) is 6.42 Å². The fourth-order valence-electron chi connectivity index (χ4n) is 1.96. The highest BCUT2D eigenvalue weighted by Gasteiger charge is 2.30. The van der Waals surface area contributed by atoms with Crippen LogP contribution in [-0.4, -0.2) is 5.11 Å². The van der Waals surface area contributed by atoms with Crippen molar-refractivity contribution in [2.45, 2.75) is 32.5 Å². The highest BCUT2D eigenvalue weighted by atomic mass is 32.1. The van der Waals surface area contributed by atoms with E-state index < -0.39 is 17.8 Å². The molecule has 0 fully saturated rings. The maximum atomic E-state index is 12.6. The minimum Gasteiger partial charge on any atom is -0.387 e. The normalized spacial score (nSPS) is 13.5. The molecule has 5 heteroatoms. The van der Waals surface area contributed by atoms with Crippen molar-refractivity contribution in [1.29, 1.82) is 0 Å². The van der Waals surface area contributed by atoms with Gasteiger partial charge in [0.15, 0.2) is 0 Å². The highest BCUT2D eigenvalue weighted by Crippen LogP contribution is 2.32. The Morgan fingerprint density at radius 3 is 2.45 bits per heavy atom. The quantitative estimate of drug-likeness (QED) is 0.874. The van der Waals surface area contributed by atoms with Gasteiger partial charge in [-0.05, 0) is 37.1 Å². The molecule has 1 N–H and O–H groups in total. The number of thiophene rings is 1. The molecular weight excluding hydrogens is 285 g/mol. The van der Waals surface area contributed by atoms with Crippen molar-refractivity contribution >= 4 is 11.3 Å². The van der Waals surface area contributed by atoms with Crippen LogP contribution in [0.4, 0.5) is 13.2 Å². The number of aliphatic hydroxyl groups excluding tert-OH is 1. The lowest BCUT2D eigenvalue weighted by atomic mass is 10.0. The predicted molar refractivity (Wildman–Crippen MR) is 73.9 cm³/mol. The van der Waals surface area contributed by atoms with Crippen LogP contribution in [0, 0.1) is 13.8 Å². The smallest absolute Gasteiger partial charge is 0.387 e. The second-order valence-corrected chi connectivity index (χ2v) is 6.09. The van der Waals surface area contributed by atoms with Crippen LogP contribution in [0.3, 0.4) is 0 Å². The first-order valence-corrected chi connectivity index (χ1v) is 7.00. The summed E-state index contributed by atoms with van der Waals surface area (Å²) >= 11 is 1.48. The fourth-order valence-corrected chi connectivity index (χ4v) is 2.99. The first kappa shape index (κ1) is 15.1. The predicted octanol–water partition coefficient (Wildman–Crippen LogP) is 4.66. The molecular formula is C15H15F3OS. The van der Waals surface area contributed by atoms with Crippen molar-refractivity contribution in [2.75, 3.05) is 0 Å². The van der Waals surface area contributed by atoms with Crippen molar-refractivity contribution in [3.8, 4) is 0 Å². The molecule has 0 spiro atoms.